The third-order valence-electron chi connectivity index (χ3n) is 4.92. The average Bonchev–Trinajstić information content (AvgIpc) is 3.19. The maximum atomic E-state index is 13.4. The van der Waals surface area contributed by atoms with Gasteiger partial charge < -0.3 is 14.6 Å². The van der Waals surface area contributed by atoms with Crippen LogP contribution in [0.2, 0.25) is 0 Å². The number of halogens is 2. The molecule has 0 saturated carbocycles. The molecule has 2 aromatic heterocycles. The van der Waals surface area contributed by atoms with Gasteiger partial charge in [0, 0.05) is 55.4 Å². The van der Waals surface area contributed by atoms with E-state index in [4.69, 9.17) is 4.74 Å². The molecule has 0 bridgehead atoms. The van der Waals surface area contributed by atoms with Crippen LogP contribution in [0.5, 0.6) is 11.5 Å². The molecule has 162 valence electrons. The molecule has 0 aliphatic heterocycles. The van der Waals surface area contributed by atoms with Crippen molar-refractivity contribution in [1.29, 1.82) is 0 Å². The summed E-state index contributed by atoms with van der Waals surface area (Å²) in [6, 6.07) is 13.9. The summed E-state index contributed by atoms with van der Waals surface area (Å²) in [7, 11) is 1.94. The molecule has 1 amide bonds. The van der Waals surface area contributed by atoms with Gasteiger partial charge in [0.1, 0.15) is 23.1 Å². The minimum atomic E-state index is -0.687. The monoisotopic (exact) mass is 433 g/mol. The van der Waals surface area contributed by atoms with E-state index in [1.807, 2.05) is 36.1 Å². The van der Waals surface area contributed by atoms with Gasteiger partial charge in [0.05, 0.1) is 5.69 Å². The van der Waals surface area contributed by atoms with Gasteiger partial charge in [-0.1, -0.05) is 6.07 Å². The minimum Gasteiger partial charge on any atom is -0.457 e. The molecule has 5 nitrogen and oxygen atoms in total. The second-order valence-electron chi connectivity index (χ2n) is 7.48. The van der Waals surface area contributed by atoms with E-state index in [0.717, 1.165) is 22.9 Å². The summed E-state index contributed by atoms with van der Waals surface area (Å²) in [6.07, 6.45) is 5.57. The number of carbonyl (C=O) groups excluding carboxylic acids is 1. The molecule has 1 N–H and O–H groups in total. The first kappa shape index (κ1) is 21.2. The molecule has 0 atom stereocenters. The Kier molecular flexibility index (Phi) is 5.98. The van der Waals surface area contributed by atoms with Crippen LogP contribution in [0.15, 0.2) is 73.2 Å². The van der Waals surface area contributed by atoms with Crippen LogP contribution in [0.4, 0.5) is 8.78 Å². The Morgan fingerprint density at radius 3 is 2.50 bits per heavy atom. The van der Waals surface area contributed by atoms with Crippen LogP contribution in [0.1, 0.15) is 21.5 Å². The predicted molar refractivity (Wildman–Crippen MR) is 117 cm³/mol. The lowest BCUT2D eigenvalue weighted by Gasteiger charge is -2.12. The number of pyridine rings is 1. The van der Waals surface area contributed by atoms with E-state index < -0.39 is 11.6 Å². The number of carbonyl (C=O) groups is 1. The van der Waals surface area contributed by atoms with E-state index in [-0.39, 0.29) is 12.5 Å². The molecular weight excluding hydrogens is 412 g/mol. The Bertz CT molecular complexity index is 1260. The fourth-order valence-corrected chi connectivity index (χ4v) is 3.32. The third kappa shape index (κ3) is 5.00. The number of ether oxygens (including phenoxy) is 1. The first-order valence-corrected chi connectivity index (χ1v) is 9.97. The maximum Gasteiger partial charge on any atom is 0.251 e. The van der Waals surface area contributed by atoms with Gasteiger partial charge in [-0.05, 0) is 54.4 Å². The highest BCUT2D eigenvalue weighted by Gasteiger charge is 2.12. The van der Waals surface area contributed by atoms with Gasteiger partial charge in [-0.25, -0.2) is 8.78 Å². The van der Waals surface area contributed by atoms with E-state index in [1.165, 1.54) is 12.1 Å². The summed E-state index contributed by atoms with van der Waals surface area (Å²) in [5, 5.41) is 2.69. The Balaban J connectivity index is 1.49. The lowest BCUT2D eigenvalue weighted by Crippen LogP contribution is -2.23. The highest BCUT2D eigenvalue weighted by molar-refractivity contribution is 5.96. The average molecular weight is 433 g/mol. The highest BCUT2D eigenvalue weighted by atomic mass is 19.1. The maximum absolute atomic E-state index is 13.4. The molecule has 0 spiro atoms. The van der Waals surface area contributed by atoms with Crippen LogP contribution in [-0.4, -0.2) is 15.5 Å². The van der Waals surface area contributed by atoms with Crippen LogP contribution >= 0.6 is 0 Å². The topological polar surface area (TPSA) is 56.2 Å². The lowest BCUT2D eigenvalue weighted by molar-refractivity contribution is 0.0950. The Morgan fingerprint density at radius 2 is 1.78 bits per heavy atom. The van der Waals surface area contributed by atoms with Crippen molar-refractivity contribution in [2.75, 3.05) is 0 Å². The molecule has 2 aromatic carbocycles. The van der Waals surface area contributed by atoms with E-state index in [9.17, 15) is 13.6 Å². The van der Waals surface area contributed by atoms with Crippen molar-refractivity contribution < 1.29 is 18.3 Å². The summed E-state index contributed by atoms with van der Waals surface area (Å²) >= 11 is 0. The first-order chi connectivity index (χ1) is 15.4. The lowest BCUT2D eigenvalue weighted by atomic mass is 10.1. The van der Waals surface area contributed by atoms with Gasteiger partial charge in [0.2, 0.25) is 0 Å². The SMILES string of the molecule is Cc1ccc(Oc2ccnc(-c3ccn(C)c3)c2)cc1C(=O)NCc1cc(F)cc(F)c1. The second kappa shape index (κ2) is 9.01. The van der Waals surface area contributed by atoms with Gasteiger partial charge in [-0.15, -0.1) is 0 Å². The summed E-state index contributed by atoms with van der Waals surface area (Å²) in [5.74, 6) is -0.662. The zero-order valence-electron chi connectivity index (χ0n) is 17.6. The molecule has 0 fully saturated rings. The standard InChI is InChI=1S/C25H21F2N3O2/c1-16-3-4-21(32-22-5-7-28-24(13-22)18-6-8-30(2)15-18)12-23(16)25(31)29-14-17-9-19(26)11-20(27)10-17/h3-13,15H,14H2,1-2H3,(H,29,31). The van der Waals surface area contributed by atoms with Crippen molar-refractivity contribution in [3.63, 3.8) is 0 Å². The van der Waals surface area contributed by atoms with Crippen LogP contribution in [-0.2, 0) is 13.6 Å². The zero-order chi connectivity index (χ0) is 22.7. The molecule has 0 aliphatic rings. The van der Waals surface area contributed by atoms with Crippen LogP contribution in [0.3, 0.4) is 0 Å². The fraction of sp³-hybridized carbons (Fsp3) is 0.120. The molecule has 0 aliphatic carbocycles. The molecule has 0 unspecified atom stereocenters. The molecule has 0 radical (unpaired) electrons. The van der Waals surface area contributed by atoms with E-state index >= 15 is 0 Å². The Morgan fingerprint density at radius 1 is 1.03 bits per heavy atom. The number of benzene rings is 2. The van der Waals surface area contributed by atoms with Crippen molar-refractivity contribution in [2.24, 2.45) is 7.05 Å². The molecule has 7 heteroatoms. The van der Waals surface area contributed by atoms with Gasteiger partial charge in [-0.3, -0.25) is 9.78 Å². The minimum absolute atomic E-state index is 0.00281. The van der Waals surface area contributed by atoms with Crippen molar-refractivity contribution in [1.82, 2.24) is 14.9 Å². The van der Waals surface area contributed by atoms with Crippen LogP contribution in [0.25, 0.3) is 11.3 Å². The van der Waals surface area contributed by atoms with E-state index in [1.54, 1.807) is 37.4 Å². The number of nitrogens with zero attached hydrogens (tertiary/aromatic N) is 2. The van der Waals surface area contributed by atoms with Crippen molar-refractivity contribution in [3.8, 4) is 22.8 Å². The van der Waals surface area contributed by atoms with Gasteiger partial charge in [0.25, 0.3) is 5.91 Å². The number of aryl methyl sites for hydroxylation is 2. The summed E-state index contributed by atoms with van der Waals surface area (Å²) in [4.78, 5) is 17.1. The quantitative estimate of drug-likeness (QED) is 0.443. The van der Waals surface area contributed by atoms with Crippen LogP contribution in [0, 0.1) is 18.6 Å². The predicted octanol–water partition coefficient (Wildman–Crippen LogP) is 5.40. The summed E-state index contributed by atoms with van der Waals surface area (Å²) < 4.78 is 34.6. The Labute approximate surface area is 184 Å². The van der Waals surface area contributed by atoms with Crippen molar-refractivity contribution in [2.45, 2.75) is 13.5 Å². The van der Waals surface area contributed by atoms with Crippen LogP contribution < -0.4 is 10.1 Å². The molecule has 0 saturated heterocycles. The number of aromatic nitrogens is 2. The highest BCUT2D eigenvalue weighted by Crippen LogP contribution is 2.27. The van der Waals surface area contributed by atoms with E-state index in [0.29, 0.717) is 22.6 Å². The summed E-state index contributed by atoms with van der Waals surface area (Å²) in [5.41, 5.74) is 3.24. The van der Waals surface area contributed by atoms with Gasteiger partial charge in [0.15, 0.2) is 0 Å². The second-order valence-corrected chi connectivity index (χ2v) is 7.48. The summed E-state index contributed by atoms with van der Waals surface area (Å²) in [6.45, 7) is 1.81. The smallest absolute Gasteiger partial charge is 0.251 e. The molecule has 2 heterocycles. The number of hydrogen-bond acceptors (Lipinski definition) is 3. The molecule has 4 rings (SSSR count). The Hall–Kier alpha value is -4.00. The first-order valence-electron chi connectivity index (χ1n) is 9.97. The molecule has 4 aromatic rings. The molecular formula is C25H21F2N3O2. The third-order valence-corrected chi connectivity index (χ3v) is 4.92. The van der Waals surface area contributed by atoms with Crippen molar-refractivity contribution >= 4 is 5.91 Å². The van der Waals surface area contributed by atoms with Gasteiger partial charge >= 0.3 is 0 Å². The van der Waals surface area contributed by atoms with E-state index in [2.05, 4.69) is 10.3 Å². The number of rotatable bonds is 6. The zero-order valence-corrected chi connectivity index (χ0v) is 17.6. The number of nitrogens with one attached hydrogen (secondary N) is 1. The molecule has 32 heavy (non-hydrogen) atoms. The largest absolute Gasteiger partial charge is 0.457 e. The normalized spacial score (nSPS) is 10.8. The van der Waals surface area contributed by atoms with Crippen molar-refractivity contribution in [3.05, 3.63) is 102 Å². The number of amides is 1. The fourth-order valence-electron chi connectivity index (χ4n) is 3.32. The number of hydrogen-bond donors (Lipinski definition) is 1. The van der Waals surface area contributed by atoms with Gasteiger partial charge in [-0.2, -0.15) is 0 Å².